The summed E-state index contributed by atoms with van der Waals surface area (Å²) in [6, 6.07) is 4.20. The van der Waals surface area contributed by atoms with Crippen LogP contribution in [0.1, 0.15) is 73.8 Å². The minimum absolute atomic E-state index is 0.00844. The third-order valence-corrected chi connectivity index (χ3v) is 13.2. The van der Waals surface area contributed by atoms with Gasteiger partial charge in [0, 0.05) is 39.8 Å². The van der Waals surface area contributed by atoms with E-state index in [9.17, 15) is 37.2 Å². The number of rotatable bonds is 16. The van der Waals surface area contributed by atoms with Gasteiger partial charge < -0.3 is 30.9 Å². The van der Waals surface area contributed by atoms with Gasteiger partial charge in [0.2, 0.25) is 17.6 Å². The van der Waals surface area contributed by atoms with Crippen LogP contribution in [0, 0.1) is 34.0 Å². The first-order valence-corrected chi connectivity index (χ1v) is 20.7. The van der Waals surface area contributed by atoms with Crippen LogP contribution in [-0.4, -0.2) is 115 Å². The van der Waals surface area contributed by atoms with Crippen LogP contribution in [0.4, 0.5) is 9.59 Å². The Morgan fingerprint density at radius 3 is 2.12 bits per heavy atom. The first kappa shape index (κ1) is 45.2. The molecule has 3 fully saturated rings. The maximum Gasteiger partial charge on any atom is 0.424 e. The molecule has 16 nitrogen and oxygen atoms in total. The van der Waals surface area contributed by atoms with Gasteiger partial charge in [-0.1, -0.05) is 91.8 Å². The highest BCUT2D eigenvalue weighted by molar-refractivity contribution is 7.87. The van der Waals surface area contributed by atoms with Gasteiger partial charge in [-0.15, -0.1) is 6.58 Å². The van der Waals surface area contributed by atoms with E-state index in [1.165, 1.54) is 18.0 Å². The molecule has 316 valence electrons. The molecule has 6 amide bonds. The van der Waals surface area contributed by atoms with Crippen LogP contribution in [0.15, 0.2) is 43.0 Å². The molecule has 0 radical (unpaired) electrons. The van der Waals surface area contributed by atoms with E-state index in [-0.39, 0.29) is 49.4 Å². The number of Topliss-reactive ketones (excluding diaryl/α,β-unsaturated/α-hetero) is 1. The van der Waals surface area contributed by atoms with Gasteiger partial charge in [0.15, 0.2) is 0 Å². The van der Waals surface area contributed by atoms with Crippen molar-refractivity contribution < 1.29 is 41.9 Å². The number of ketones is 1. The Kier molecular flexibility index (Phi) is 13.6. The number of nitrogens with one attached hydrogen (secondary N) is 4. The number of amides is 6. The van der Waals surface area contributed by atoms with Gasteiger partial charge in [0.05, 0.1) is 0 Å². The predicted octanol–water partition coefficient (Wildman–Crippen LogP) is 2.81. The summed E-state index contributed by atoms with van der Waals surface area (Å²) in [4.78, 5) is 82.3. The molecule has 2 aliphatic carbocycles. The molecule has 1 aromatic carbocycles. The highest BCUT2D eigenvalue weighted by atomic mass is 32.2. The SMILES string of the molecule is C=CCNC(=O)C(=O)C(NC(=O)[C@@H]1[C@@H]2[C@H](CN1C(=O)[C@@H](NC(=O)N[C@H](CN(C)S(=O)(=O)N(C)C(=O)OCc1ccccc1)C(C)(C)C)C(C)(C)C)C2(C)C)C1CC1. The van der Waals surface area contributed by atoms with Crippen LogP contribution in [0.2, 0.25) is 0 Å². The van der Waals surface area contributed by atoms with Crippen molar-refractivity contribution in [1.29, 1.82) is 0 Å². The molecule has 17 heteroatoms. The zero-order valence-corrected chi connectivity index (χ0v) is 35.7. The molecule has 1 aliphatic heterocycles. The Labute approximate surface area is 337 Å². The Bertz CT molecular complexity index is 1820. The third-order valence-electron chi connectivity index (χ3n) is 11.4. The summed E-state index contributed by atoms with van der Waals surface area (Å²) in [6.07, 6.45) is 1.73. The fourth-order valence-electron chi connectivity index (χ4n) is 7.42. The molecule has 1 aromatic rings. The summed E-state index contributed by atoms with van der Waals surface area (Å²) in [7, 11) is -2.00. The summed E-state index contributed by atoms with van der Waals surface area (Å²) in [6.45, 7) is 18.4. The Hall–Kier alpha value is -4.51. The van der Waals surface area contributed by atoms with Crippen molar-refractivity contribution in [2.24, 2.45) is 34.0 Å². The molecule has 0 aromatic heterocycles. The first-order chi connectivity index (χ1) is 26.3. The van der Waals surface area contributed by atoms with Gasteiger partial charge in [-0.2, -0.15) is 17.0 Å². The molecular formula is C40H61N7O9S. The van der Waals surface area contributed by atoms with E-state index in [1.807, 2.05) is 34.6 Å². The number of ether oxygens (including phenoxy) is 1. The van der Waals surface area contributed by atoms with E-state index in [4.69, 9.17) is 4.74 Å². The molecule has 1 heterocycles. The molecular weight excluding hydrogens is 755 g/mol. The predicted molar refractivity (Wildman–Crippen MR) is 213 cm³/mol. The van der Waals surface area contributed by atoms with Crippen molar-refractivity contribution in [1.82, 2.24) is 34.8 Å². The number of benzene rings is 1. The summed E-state index contributed by atoms with van der Waals surface area (Å²) in [5.74, 6) is -2.94. The molecule has 0 bridgehead atoms. The van der Waals surface area contributed by atoms with Crippen LogP contribution < -0.4 is 21.3 Å². The van der Waals surface area contributed by atoms with E-state index in [0.29, 0.717) is 22.7 Å². The maximum absolute atomic E-state index is 14.5. The van der Waals surface area contributed by atoms with Crippen LogP contribution in [0.25, 0.3) is 0 Å². The number of carbonyl (C=O) groups is 6. The average Bonchev–Trinajstić information content (AvgIpc) is 4.01. The fraction of sp³-hybridized carbons (Fsp3) is 0.650. The van der Waals surface area contributed by atoms with Gasteiger partial charge in [-0.3, -0.25) is 19.2 Å². The molecule has 1 saturated heterocycles. The number of carbonyl (C=O) groups excluding carboxylic acids is 6. The quantitative estimate of drug-likeness (QED) is 0.143. The highest BCUT2D eigenvalue weighted by Crippen LogP contribution is 2.65. The average molecular weight is 816 g/mol. The second-order valence-electron chi connectivity index (χ2n) is 18.2. The third kappa shape index (κ3) is 10.5. The first-order valence-electron chi connectivity index (χ1n) is 19.4. The number of piperidine rings is 1. The second kappa shape index (κ2) is 17.1. The molecule has 6 atom stereocenters. The minimum Gasteiger partial charge on any atom is -0.444 e. The molecule has 4 N–H and O–H groups in total. The number of nitrogens with zero attached hydrogens (tertiary/aromatic N) is 3. The van der Waals surface area contributed by atoms with Crippen molar-refractivity contribution in [3.05, 3.63) is 48.6 Å². The Morgan fingerprint density at radius 2 is 1.58 bits per heavy atom. The lowest BCUT2D eigenvalue weighted by molar-refractivity contribution is -0.145. The normalized spacial score (nSPS) is 21.6. The Balaban J connectivity index is 1.47. The molecule has 0 spiro atoms. The zero-order chi connectivity index (χ0) is 42.8. The number of hydrogen-bond acceptors (Lipinski definition) is 9. The molecule has 4 rings (SSSR count). The van der Waals surface area contributed by atoms with Crippen molar-refractivity contribution >= 4 is 45.8 Å². The van der Waals surface area contributed by atoms with Crippen molar-refractivity contribution in [2.75, 3.05) is 33.7 Å². The molecule has 57 heavy (non-hydrogen) atoms. The lowest BCUT2D eigenvalue weighted by Gasteiger charge is -2.39. The maximum atomic E-state index is 14.5. The minimum atomic E-state index is -4.38. The fourth-order valence-corrected chi connectivity index (χ4v) is 8.42. The van der Waals surface area contributed by atoms with Crippen molar-refractivity contribution in [2.45, 2.75) is 99.0 Å². The number of likely N-dealkylation sites (N-methyl/N-ethyl adjacent to an activating group) is 1. The monoisotopic (exact) mass is 815 g/mol. The molecule has 3 aliphatic rings. The van der Waals surface area contributed by atoms with Gasteiger partial charge in [-0.25, -0.2) is 9.59 Å². The molecule has 2 saturated carbocycles. The summed E-state index contributed by atoms with van der Waals surface area (Å²) >= 11 is 0. The summed E-state index contributed by atoms with van der Waals surface area (Å²) < 4.78 is 33.6. The zero-order valence-electron chi connectivity index (χ0n) is 34.9. The van der Waals surface area contributed by atoms with Gasteiger partial charge in [-0.05, 0) is 52.4 Å². The number of hydrogen-bond donors (Lipinski definition) is 4. The van der Waals surface area contributed by atoms with Crippen LogP contribution >= 0.6 is 0 Å². The van der Waals surface area contributed by atoms with Gasteiger partial charge in [0.25, 0.3) is 5.91 Å². The van der Waals surface area contributed by atoms with Crippen LogP contribution in [0.5, 0.6) is 0 Å². The summed E-state index contributed by atoms with van der Waals surface area (Å²) in [5.41, 5.74) is -1.10. The van der Waals surface area contributed by atoms with Crippen LogP contribution in [-0.2, 0) is 40.7 Å². The lowest BCUT2D eigenvalue weighted by atomic mass is 9.85. The second-order valence-corrected chi connectivity index (χ2v) is 20.3. The summed E-state index contributed by atoms with van der Waals surface area (Å²) in [5, 5.41) is 11.0. The standard InChI is InChI=1S/C40H61N7O9S/c1-12-20-41-34(50)31(48)29(25-18-19-25)43-33(49)30-28-26(40(28,8)9)21-47(30)35(51)32(39(5,6)7)44-36(52)42-27(38(2,3)4)22-45(10)57(54,55)46(11)37(53)56-23-24-16-14-13-15-17-24/h12-17,25-30,32H,1,18-23H2,2-11H3,(H,41,50)(H,43,49)(H2,42,44,52)/t26-,27+,28-,29?,30-,32+/m0/s1. The largest absolute Gasteiger partial charge is 0.444 e. The smallest absolute Gasteiger partial charge is 0.424 e. The van der Waals surface area contributed by atoms with Crippen molar-refractivity contribution in [3.63, 3.8) is 0 Å². The van der Waals surface area contributed by atoms with Crippen molar-refractivity contribution in [3.8, 4) is 0 Å². The van der Waals surface area contributed by atoms with Gasteiger partial charge >= 0.3 is 22.3 Å². The van der Waals surface area contributed by atoms with E-state index in [2.05, 4.69) is 27.8 Å². The molecule has 1 unspecified atom stereocenters. The van der Waals surface area contributed by atoms with E-state index >= 15 is 0 Å². The number of fused-ring (bicyclic) bond motifs is 1. The van der Waals surface area contributed by atoms with E-state index in [1.54, 1.807) is 51.1 Å². The van der Waals surface area contributed by atoms with Crippen LogP contribution in [0.3, 0.4) is 0 Å². The van der Waals surface area contributed by atoms with E-state index < -0.39 is 80.8 Å². The van der Waals surface area contributed by atoms with Gasteiger partial charge in [0.1, 0.15) is 24.7 Å². The highest BCUT2D eigenvalue weighted by Gasteiger charge is 2.70. The topological polar surface area (TPSA) is 204 Å². The Morgan fingerprint density at radius 1 is 0.965 bits per heavy atom. The van der Waals surface area contributed by atoms with E-state index in [0.717, 1.165) is 11.4 Å². The number of urea groups is 1. The number of likely N-dealkylation sites (tertiary alicyclic amines) is 1. The lowest BCUT2D eigenvalue weighted by Crippen LogP contribution is -2.63.